The van der Waals surface area contributed by atoms with Crippen LogP contribution in [-0.4, -0.2) is 9.97 Å². The monoisotopic (exact) mass is 278 g/mol. The molecule has 2 aromatic heterocycles. The van der Waals surface area contributed by atoms with Crippen LogP contribution >= 0.6 is 11.6 Å². The molecule has 4 aromatic rings. The van der Waals surface area contributed by atoms with Crippen molar-refractivity contribution < 1.29 is 0 Å². The fourth-order valence-electron chi connectivity index (χ4n) is 2.56. The van der Waals surface area contributed by atoms with E-state index in [2.05, 4.69) is 16.0 Å². The first-order valence-electron chi connectivity index (χ1n) is 6.45. The maximum absolute atomic E-state index is 6.52. The third-order valence-electron chi connectivity index (χ3n) is 3.54. The molecule has 2 aromatic carbocycles. The van der Waals surface area contributed by atoms with E-state index in [0.29, 0.717) is 0 Å². The van der Waals surface area contributed by atoms with Crippen molar-refractivity contribution in [2.75, 3.05) is 0 Å². The number of H-pyrrole nitrogens is 1. The summed E-state index contributed by atoms with van der Waals surface area (Å²) in [7, 11) is 0. The largest absolute Gasteiger partial charge is 0.353 e. The number of fused-ring (bicyclic) bond motifs is 3. The van der Waals surface area contributed by atoms with Crippen LogP contribution in [0.1, 0.15) is 0 Å². The molecule has 96 valence electrons. The summed E-state index contributed by atoms with van der Waals surface area (Å²) in [4.78, 5) is 7.92. The first-order chi connectivity index (χ1) is 9.84. The van der Waals surface area contributed by atoms with Gasteiger partial charge in [0.1, 0.15) is 0 Å². The van der Waals surface area contributed by atoms with Gasteiger partial charge in [0.15, 0.2) is 0 Å². The highest BCUT2D eigenvalue weighted by atomic mass is 35.5. The molecule has 1 N–H and O–H groups in total. The Kier molecular flexibility index (Phi) is 2.51. The second kappa shape index (κ2) is 4.36. The van der Waals surface area contributed by atoms with Gasteiger partial charge in [0.2, 0.25) is 0 Å². The summed E-state index contributed by atoms with van der Waals surface area (Å²) in [5.41, 5.74) is 4.04. The van der Waals surface area contributed by atoms with Crippen LogP contribution in [0.4, 0.5) is 0 Å². The van der Waals surface area contributed by atoms with Crippen LogP contribution in [0.3, 0.4) is 0 Å². The van der Waals surface area contributed by atoms with E-state index in [1.54, 1.807) is 0 Å². The maximum Gasteiger partial charge on any atom is 0.0756 e. The SMILES string of the molecule is Clc1c(-c2ccccc2)[nH]c2c1cnc1ccccc12. The number of benzene rings is 2. The average molecular weight is 279 g/mol. The summed E-state index contributed by atoms with van der Waals surface area (Å²) in [5.74, 6) is 0. The van der Waals surface area contributed by atoms with E-state index in [1.165, 1.54) is 0 Å². The number of nitrogens with one attached hydrogen (secondary N) is 1. The zero-order chi connectivity index (χ0) is 13.5. The Morgan fingerprint density at radius 1 is 0.850 bits per heavy atom. The number of halogens is 1. The molecule has 20 heavy (non-hydrogen) atoms. The van der Waals surface area contributed by atoms with Crippen molar-refractivity contribution in [2.24, 2.45) is 0 Å². The van der Waals surface area contributed by atoms with Gasteiger partial charge in [-0.1, -0.05) is 60.1 Å². The fraction of sp³-hybridized carbons (Fsp3) is 0. The van der Waals surface area contributed by atoms with Crippen molar-refractivity contribution in [3.63, 3.8) is 0 Å². The first kappa shape index (κ1) is 11.5. The minimum absolute atomic E-state index is 0.726. The third kappa shape index (κ3) is 1.62. The van der Waals surface area contributed by atoms with Gasteiger partial charge in [-0.2, -0.15) is 0 Å². The van der Waals surface area contributed by atoms with Gasteiger partial charge in [-0.25, -0.2) is 0 Å². The van der Waals surface area contributed by atoms with Crippen LogP contribution in [-0.2, 0) is 0 Å². The molecule has 0 saturated heterocycles. The Labute approximate surface area is 121 Å². The summed E-state index contributed by atoms with van der Waals surface area (Å²) >= 11 is 6.52. The van der Waals surface area contributed by atoms with Crippen LogP contribution in [0.25, 0.3) is 33.1 Å². The quantitative estimate of drug-likeness (QED) is 0.519. The summed E-state index contributed by atoms with van der Waals surface area (Å²) in [6.45, 7) is 0. The molecule has 0 aliphatic heterocycles. The molecule has 4 rings (SSSR count). The molecule has 0 saturated carbocycles. The molecule has 0 atom stereocenters. The van der Waals surface area contributed by atoms with Crippen molar-refractivity contribution >= 4 is 33.4 Å². The lowest BCUT2D eigenvalue weighted by atomic mass is 10.1. The highest BCUT2D eigenvalue weighted by Gasteiger charge is 2.13. The van der Waals surface area contributed by atoms with E-state index in [4.69, 9.17) is 11.6 Å². The van der Waals surface area contributed by atoms with Crippen LogP contribution in [0.5, 0.6) is 0 Å². The van der Waals surface area contributed by atoms with Crippen molar-refractivity contribution in [1.82, 2.24) is 9.97 Å². The molecule has 0 aliphatic carbocycles. The molecular weight excluding hydrogens is 268 g/mol. The van der Waals surface area contributed by atoms with Crippen LogP contribution in [0, 0.1) is 0 Å². The summed E-state index contributed by atoms with van der Waals surface area (Å²) in [6.07, 6.45) is 1.84. The Hall–Kier alpha value is -2.32. The minimum Gasteiger partial charge on any atom is -0.353 e. The summed E-state index contributed by atoms with van der Waals surface area (Å²) < 4.78 is 0. The van der Waals surface area contributed by atoms with Gasteiger partial charge in [-0.15, -0.1) is 0 Å². The Balaban J connectivity index is 2.10. The van der Waals surface area contributed by atoms with Gasteiger partial charge in [0.25, 0.3) is 0 Å². The predicted octanol–water partition coefficient (Wildman–Crippen LogP) is 5.04. The second-order valence-electron chi connectivity index (χ2n) is 4.74. The number of nitrogens with zero attached hydrogens (tertiary/aromatic N) is 1. The van der Waals surface area contributed by atoms with Crippen molar-refractivity contribution in [2.45, 2.75) is 0 Å². The summed E-state index contributed by atoms with van der Waals surface area (Å²) in [6, 6.07) is 18.2. The van der Waals surface area contributed by atoms with Gasteiger partial charge in [-0.3, -0.25) is 4.98 Å². The Bertz CT molecular complexity index is 910. The molecule has 2 heterocycles. The zero-order valence-electron chi connectivity index (χ0n) is 10.6. The number of aromatic amines is 1. The van der Waals surface area contributed by atoms with E-state index < -0.39 is 0 Å². The van der Waals surface area contributed by atoms with E-state index in [0.717, 1.165) is 38.1 Å². The smallest absolute Gasteiger partial charge is 0.0756 e. The molecule has 0 aliphatic rings. The Morgan fingerprint density at radius 2 is 1.60 bits per heavy atom. The number of aromatic nitrogens is 2. The topological polar surface area (TPSA) is 28.7 Å². The molecule has 0 amide bonds. The Morgan fingerprint density at radius 3 is 2.45 bits per heavy atom. The summed E-state index contributed by atoms with van der Waals surface area (Å²) in [5, 5.41) is 2.78. The molecule has 0 bridgehead atoms. The molecular formula is C17H11ClN2. The van der Waals surface area contributed by atoms with Crippen LogP contribution < -0.4 is 0 Å². The first-order valence-corrected chi connectivity index (χ1v) is 6.83. The minimum atomic E-state index is 0.726. The lowest BCUT2D eigenvalue weighted by Gasteiger charge is -1.98. The van der Waals surface area contributed by atoms with Crippen molar-refractivity contribution in [3.8, 4) is 11.3 Å². The molecule has 0 fully saturated rings. The number of para-hydroxylation sites is 1. The molecule has 3 heteroatoms. The number of pyridine rings is 1. The van der Waals surface area contributed by atoms with E-state index in [9.17, 15) is 0 Å². The van der Waals surface area contributed by atoms with E-state index >= 15 is 0 Å². The molecule has 2 nitrogen and oxygen atoms in total. The van der Waals surface area contributed by atoms with Gasteiger partial charge in [0, 0.05) is 17.0 Å². The zero-order valence-corrected chi connectivity index (χ0v) is 11.4. The number of hydrogen-bond acceptors (Lipinski definition) is 1. The van der Waals surface area contributed by atoms with Gasteiger partial charge >= 0.3 is 0 Å². The second-order valence-corrected chi connectivity index (χ2v) is 5.12. The van der Waals surface area contributed by atoms with Gasteiger partial charge in [-0.05, 0) is 11.6 Å². The maximum atomic E-state index is 6.52. The van der Waals surface area contributed by atoms with Crippen LogP contribution in [0.15, 0.2) is 60.8 Å². The molecule has 0 unspecified atom stereocenters. The average Bonchev–Trinajstić information content (AvgIpc) is 2.86. The molecule has 0 spiro atoms. The standard InChI is InChI=1S/C17H11ClN2/c18-15-13-10-19-14-9-5-4-8-12(14)17(13)20-16(15)11-6-2-1-3-7-11/h1-10,20H. The van der Waals surface area contributed by atoms with Crippen LogP contribution in [0.2, 0.25) is 5.02 Å². The predicted molar refractivity (Wildman–Crippen MR) is 84.0 cm³/mol. The third-order valence-corrected chi connectivity index (χ3v) is 3.94. The highest BCUT2D eigenvalue weighted by Crippen LogP contribution is 2.36. The van der Waals surface area contributed by atoms with Gasteiger partial charge in [0.05, 0.1) is 21.7 Å². The highest BCUT2D eigenvalue weighted by molar-refractivity contribution is 6.39. The lowest BCUT2D eigenvalue weighted by Crippen LogP contribution is -1.79. The van der Waals surface area contributed by atoms with Crippen molar-refractivity contribution in [1.29, 1.82) is 0 Å². The lowest BCUT2D eigenvalue weighted by molar-refractivity contribution is 1.43. The van der Waals surface area contributed by atoms with Gasteiger partial charge < -0.3 is 4.98 Å². The number of hydrogen-bond donors (Lipinski definition) is 1. The van der Waals surface area contributed by atoms with Crippen molar-refractivity contribution in [3.05, 3.63) is 65.8 Å². The van der Waals surface area contributed by atoms with E-state index in [-0.39, 0.29) is 0 Å². The normalized spacial score (nSPS) is 11.2. The number of rotatable bonds is 1. The van der Waals surface area contributed by atoms with E-state index in [1.807, 2.05) is 54.7 Å². The molecule has 0 radical (unpaired) electrons. The fourth-order valence-corrected chi connectivity index (χ4v) is 2.86.